The molecule has 0 aromatic carbocycles. The fraction of sp³-hybridized carbons (Fsp3) is 0.143. The van der Waals surface area contributed by atoms with Gasteiger partial charge < -0.3 is 5.32 Å². The minimum Gasteiger partial charge on any atom is -0.376 e. The average Bonchev–Trinajstić information content (AvgIpc) is 3.10. The van der Waals surface area contributed by atoms with Crippen LogP contribution in [0.5, 0.6) is 0 Å². The zero-order valence-corrected chi connectivity index (χ0v) is 13.2. The summed E-state index contributed by atoms with van der Waals surface area (Å²) in [6.45, 7) is 2.14. The van der Waals surface area contributed by atoms with Gasteiger partial charge in [-0.2, -0.15) is 0 Å². The van der Waals surface area contributed by atoms with E-state index in [2.05, 4.69) is 50.3 Å². The van der Waals surface area contributed by atoms with Gasteiger partial charge in [-0.1, -0.05) is 0 Å². The van der Waals surface area contributed by atoms with Gasteiger partial charge in [0.2, 0.25) is 0 Å². The zero-order chi connectivity index (χ0) is 13.9. The first kappa shape index (κ1) is 13.3. The number of anilines is 1. The predicted molar refractivity (Wildman–Crippen MR) is 85.4 cm³/mol. The van der Waals surface area contributed by atoms with Crippen molar-refractivity contribution in [3.05, 3.63) is 57.8 Å². The summed E-state index contributed by atoms with van der Waals surface area (Å²) in [5.41, 5.74) is 1.01. The maximum atomic E-state index is 4.43. The van der Waals surface area contributed by atoms with E-state index in [1.807, 2.05) is 29.1 Å². The first-order valence-electron chi connectivity index (χ1n) is 6.18. The molecule has 0 aliphatic heterocycles. The van der Waals surface area contributed by atoms with Gasteiger partial charge in [0.1, 0.15) is 12.1 Å². The number of imidazole rings is 1. The quantitative estimate of drug-likeness (QED) is 0.765. The highest BCUT2D eigenvalue weighted by molar-refractivity contribution is 9.11. The Labute approximate surface area is 129 Å². The Kier molecular flexibility index (Phi) is 3.84. The molecule has 0 aliphatic rings. The van der Waals surface area contributed by atoms with E-state index in [9.17, 15) is 0 Å². The van der Waals surface area contributed by atoms with Gasteiger partial charge in [-0.25, -0.2) is 9.97 Å². The van der Waals surface area contributed by atoms with Crippen LogP contribution in [-0.4, -0.2) is 14.5 Å². The van der Waals surface area contributed by atoms with Crippen LogP contribution in [0.25, 0.3) is 5.82 Å². The van der Waals surface area contributed by atoms with Crippen molar-refractivity contribution in [2.45, 2.75) is 13.0 Å². The number of nitrogens with one attached hydrogen (secondary N) is 1. The van der Waals surface area contributed by atoms with Crippen molar-refractivity contribution in [2.24, 2.45) is 0 Å². The number of rotatable bonds is 4. The summed E-state index contributed by atoms with van der Waals surface area (Å²) in [4.78, 5) is 9.73. The largest absolute Gasteiger partial charge is 0.376 e. The third kappa shape index (κ3) is 2.91. The molecule has 20 heavy (non-hydrogen) atoms. The fourth-order valence-electron chi connectivity index (χ4n) is 1.90. The second-order valence-corrected chi connectivity index (χ2v) is 6.88. The Morgan fingerprint density at radius 2 is 2.20 bits per heavy atom. The van der Waals surface area contributed by atoms with Gasteiger partial charge in [-0.15, -0.1) is 11.3 Å². The van der Waals surface area contributed by atoms with Crippen LogP contribution in [0.2, 0.25) is 0 Å². The number of aromatic nitrogens is 3. The Balaban J connectivity index is 1.72. The molecule has 102 valence electrons. The molecular formula is C14H13BrN4S. The maximum absolute atomic E-state index is 4.43. The zero-order valence-electron chi connectivity index (χ0n) is 10.8. The highest BCUT2D eigenvalue weighted by Crippen LogP contribution is 2.29. The molecule has 4 nitrogen and oxygen atoms in total. The summed E-state index contributed by atoms with van der Waals surface area (Å²) in [5, 5.41) is 3.45. The van der Waals surface area contributed by atoms with Gasteiger partial charge in [0, 0.05) is 17.3 Å². The highest BCUT2D eigenvalue weighted by Gasteiger charge is 2.08. The lowest BCUT2D eigenvalue weighted by atomic mass is 10.2. The van der Waals surface area contributed by atoms with Crippen molar-refractivity contribution in [1.29, 1.82) is 0 Å². The van der Waals surface area contributed by atoms with Crippen molar-refractivity contribution in [2.75, 3.05) is 5.32 Å². The molecule has 6 heteroatoms. The molecule has 0 amide bonds. The molecule has 0 bridgehead atoms. The van der Waals surface area contributed by atoms with Gasteiger partial charge in [0.05, 0.1) is 21.7 Å². The molecule has 3 heterocycles. The number of hydrogen-bond acceptors (Lipinski definition) is 4. The fourth-order valence-corrected chi connectivity index (χ4v) is 3.33. The maximum Gasteiger partial charge on any atom is 0.137 e. The lowest BCUT2D eigenvalue weighted by Gasteiger charge is -2.13. The smallest absolute Gasteiger partial charge is 0.137 e. The van der Waals surface area contributed by atoms with Gasteiger partial charge in [0.25, 0.3) is 0 Å². The number of nitrogens with zero attached hydrogens (tertiary/aromatic N) is 3. The Bertz CT molecular complexity index is 676. The molecule has 3 aromatic heterocycles. The molecule has 3 aromatic rings. The lowest BCUT2D eigenvalue weighted by molar-refractivity contribution is 0.903. The third-order valence-electron chi connectivity index (χ3n) is 2.92. The lowest BCUT2D eigenvalue weighted by Crippen LogP contribution is -2.05. The van der Waals surface area contributed by atoms with Crippen molar-refractivity contribution in [1.82, 2.24) is 14.5 Å². The predicted octanol–water partition coefficient (Wildman–Crippen LogP) is 4.26. The molecule has 1 unspecified atom stereocenters. The van der Waals surface area contributed by atoms with E-state index in [1.54, 1.807) is 23.9 Å². The number of thiophene rings is 1. The van der Waals surface area contributed by atoms with Crippen LogP contribution in [0.1, 0.15) is 17.8 Å². The summed E-state index contributed by atoms with van der Waals surface area (Å²) < 4.78 is 3.03. The normalized spacial score (nSPS) is 12.3. The molecule has 0 spiro atoms. The minimum atomic E-state index is 0.257. The van der Waals surface area contributed by atoms with Crippen LogP contribution in [0, 0.1) is 0 Å². The number of pyridine rings is 1. The van der Waals surface area contributed by atoms with Crippen LogP contribution in [0.4, 0.5) is 5.69 Å². The van der Waals surface area contributed by atoms with Gasteiger partial charge in [0.15, 0.2) is 0 Å². The summed E-state index contributed by atoms with van der Waals surface area (Å²) in [5.74, 6) is 0.861. The number of halogens is 1. The molecule has 0 saturated heterocycles. The topological polar surface area (TPSA) is 42.7 Å². The summed E-state index contributed by atoms with van der Waals surface area (Å²) in [6.07, 6.45) is 7.20. The summed E-state index contributed by atoms with van der Waals surface area (Å²) in [6, 6.07) is 8.45. The molecule has 0 aliphatic carbocycles. The van der Waals surface area contributed by atoms with E-state index < -0.39 is 0 Å². The van der Waals surface area contributed by atoms with E-state index >= 15 is 0 Å². The third-order valence-corrected chi connectivity index (χ3v) is 4.73. The van der Waals surface area contributed by atoms with Crippen LogP contribution in [0.15, 0.2) is 53.0 Å². The molecule has 1 atom stereocenters. The van der Waals surface area contributed by atoms with E-state index in [4.69, 9.17) is 0 Å². The molecular weight excluding hydrogens is 336 g/mol. The second-order valence-electron chi connectivity index (χ2n) is 4.38. The molecule has 3 rings (SSSR count). The monoisotopic (exact) mass is 348 g/mol. The Morgan fingerprint density at radius 3 is 2.80 bits per heavy atom. The van der Waals surface area contributed by atoms with E-state index in [1.165, 1.54) is 4.88 Å². The summed E-state index contributed by atoms with van der Waals surface area (Å²) >= 11 is 5.22. The summed E-state index contributed by atoms with van der Waals surface area (Å²) in [7, 11) is 0. The van der Waals surface area contributed by atoms with Gasteiger partial charge >= 0.3 is 0 Å². The first-order chi connectivity index (χ1) is 9.72. The van der Waals surface area contributed by atoms with E-state index in [0.717, 1.165) is 15.3 Å². The Morgan fingerprint density at radius 1 is 1.30 bits per heavy atom. The van der Waals surface area contributed by atoms with Crippen molar-refractivity contribution >= 4 is 33.0 Å². The Hall–Kier alpha value is -1.66. The number of hydrogen-bond donors (Lipinski definition) is 1. The second kappa shape index (κ2) is 5.76. The van der Waals surface area contributed by atoms with E-state index in [0.29, 0.717) is 0 Å². The van der Waals surface area contributed by atoms with Crippen molar-refractivity contribution in [3.63, 3.8) is 0 Å². The molecule has 0 fully saturated rings. The van der Waals surface area contributed by atoms with Crippen LogP contribution in [0.3, 0.4) is 0 Å². The highest BCUT2D eigenvalue weighted by atomic mass is 79.9. The van der Waals surface area contributed by atoms with Gasteiger partial charge in [-0.05, 0) is 47.1 Å². The first-order valence-corrected chi connectivity index (χ1v) is 7.79. The van der Waals surface area contributed by atoms with Gasteiger partial charge in [-0.3, -0.25) is 4.57 Å². The van der Waals surface area contributed by atoms with Crippen molar-refractivity contribution in [3.8, 4) is 5.82 Å². The SMILES string of the molecule is CC(Nc1ccc(-n2ccnc2)nc1)c1ccc(Br)s1. The van der Waals surface area contributed by atoms with Crippen LogP contribution in [-0.2, 0) is 0 Å². The van der Waals surface area contributed by atoms with Crippen LogP contribution >= 0.6 is 27.3 Å². The van der Waals surface area contributed by atoms with Crippen molar-refractivity contribution < 1.29 is 0 Å². The average molecular weight is 349 g/mol. The molecule has 1 N–H and O–H groups in total. The standard InChI is InChI=1S/C14H13BrN4S/c1-10(12-3-4-13(15)20-12)18-11-2-5-14(17-8-11)19-7-6-16-9-19/h2-10,18H,1H3. The minimum absolute atomic E-state index is 0.257. The molecule has 0 radical (unpaired) electrons. The van der Waals surface area contributed by atoms with Crippen LogP contribution < -0.4 is 5.32 Å². The molecule has 0 saturated carbocycles. The van der Waals surface area contributed by atoms with E-state index in [-0.39, 0.29) is 6.04 Å².